The minimum atomic E-state index is -3.26. The molecule has 1 aliphatic heterocycles. The molecule has 1 aliphatic rings. The van der Waals surface area contributed by atoms with Gasteiger partial charge in [0.1, 0.15) is 0 Å². The van der Waals surface area contributed by atoms with Gasteiger partial charge in [0.05, 0.1) is 0 Å². The standard InChI is InChI=1S/C14H31N3O2S/c1-3-5-7-11-16(12-8-6-4-2)20(18,19)17-13-9-15-10-14-17/h15H,3-14H2,1-2H3. The number of piperazine rings is 1. The average molecular weight is 305 g/mol. The van der Waals surface area contributed by atoms with Crippen molar-refractivity contribution in [1.29, 1.82) is 0 Å². The number of hydrogen-bond donors (Lipinski definition) is 1. The molecule has 6 heteroatoms. The Morgan fingerprint density at radius 2 is 1.45 bits per heavy atom. The topological polar surface area (TPSA) is 52.7 Å². The quantitative estimate of drug-likeness (QED) is 0.626. The van der Waals surface area contributed by atoms with E-state index in [4.69, 9.17) is 0 Å². The molecule has 0 saturated carbocycles. The Balaban J connectivity index is 2.61. The van der Waals surface area contributed by atoms with Gasteiger partial charge in [-0.15, -0.1) is 0 Å². The zero-order valence-corrected chi connectivity index (χ0v) is 13.9. The fourth-order valence-electron chi connectivity index (χ4n) is 2.46. The van der Waals surface area contributed by atoms with Crippen LogP contribution in [0.1, 0.15) is 52.4 Å². The molecule has 0 aromatic rings. The summed E-state index contributed by atoms with van der Waals surface area (Å²) in [5, 5.41) is 3.21. The lowest BCUT2D eigenvalue weighted by molar-refractivity contribution is 0.305. The number of nitrogens with zero attached hydrogens (tertiary/aromatic N) is 2. The van der Waals surface area contributed by atoms with Crippen LogP contribution in [0.25, 0.3) is 0 Å². The minimum Gasteiger partial charge on any atom is -0.314 e. The third-order valence-electron chi connectivity index (χ3n) is 3.75. The fraction of sp³-hybridized carbons (Fsp3) is 1.00. The maximum atomic E-state index is 12.7. The van der Waals surface area contributed by atoms with E-state index in [1.807, 2.05) is 0 Å². The van der Waals surface area contributed by atoms with Gasteiger partial charge in [0.2, 0.25) is 0 Å². The molecule has 1 N–H and O–H groups in total. The Morgan fingerprint density at radius 1 is 0.950 bits per heavy atom. The van der Waals surface area contributed by atoms with Crippen LogP contribution in [0.3, 0.4) is 0 Å². The smallest absolute Gasteiger partial charge is 0.282 e. The van der Waals surface area contributed by atoms with E-state index in [1.54, 1.807) is 8.61 Å². The molecule has 0 amide bonds. The zero-order valence-electron chi connectivity index (χ0n) is 13.1. The van der Waals surface area contributed by atoms with Gasteiger partial charge in [0.25, 0.3) is 10.2 Å². The van der Waals surface area contributed by atoms with Crippen LogP contribution < -0.4 is 5.32 Å². The summed E-state index contributed by atoms with van der Waals surface area (Å²) in [6.07, 6.45) is 6.37. The molecule has 1 fully saturated rings. The first kappa shape index (κ1) is 17.9. The Labute approximate surface area is 124 Å². The normalized spacial score (nSPS) is 17.8. The molecule has 0 spiro atoms. The zero-order chi connectivity index (χ0) is 14.8. The summed E-state index contributed by atoms with van der Waals surface area (Å²) < 4.78 is 28.7. The predicted molar refractivity (Wildman–Crippen MR) is 84.0 cm³/mol. The van der Waals surface area contributed by atoms with E-state index in [0.29, 0.717) is 26.2 Å². The molecule has 0 radical (unpaired) electrons. The van der Waals surface area contributed by atoms with Crippen molar-refractivity contribution in [2.24, 2.45) is 0 Å². The lowest BCUT2D eigenvalue weighted by Gasteiger charge is -2.32. The first-order chi connectivity index (χ1) is 9.62. The highest BCUT2D eigenvalue weighted by molar-refractivity contribution is 7.86. The molecule has 1 rings (SSSR count). The molecule has 0 unspecified atom stereocenters. The van der Waals surface area contributed by atoms with Crippen molar-refractivity contribution in [2.75, 3.05) is 39.3 Å². The summed E-state index contributed by atoms with van der Waals surface area (Å²) in [6, 6.07) is 0. The Kier molecular flexibility index (Phi) is 8.68. The van der Waals surface area contributed by atoms with E-state index in [9.17, 15) is 8.42 Å². The van der Waals surface area contributed by atoms with Crippen LogP contribution in [-0.4, -0.2) is 56.3 Å². The fourth-order valence-corrected chi connectivity index (χ4v) is 4.15. The molecule has 5 nitrogen and oxygen atoms in total. The van der Waals surface area contributed by atoms with Gasteiger partial charge in [-0.3, -0.25) is 0 Å². The van der Waals surface area contributed by atoms with Gasteiger partial charge in [-0.1, -0.05) is 39.5 Å². The number of nitrogens with one attached hydrogen (secondary N) is 1. The highest BCUT2D eigenvalue weighted by Gasteiger charge is 2.29. The van der Waals surface area contributed by atoms with Crippen LogP contribution in [0, 0.1) is 0 Å². The number of rotatable bonds is 10. The molecular weight excluding hydrogens is 274 g/mol. The first-order valence-electron chi connectivity index (χ1n) is 8.08. The third-order valence-corrected chi connectivity index (χ3v) is 5.79. The van der Waals surface area contributed by atoms with Crippen LogP contribution in [0.5, 0.6) is 0 Å². The lowest BCUT2D eigenvalue weighted by atomic mass is 10.2. The second-order valence-electron chi connectivity index (χ2n) is 5.47. The molecule has 20 heavy (non-hydrogen) atoms. The lowest BCUT2D eigenvalue weighted by Crippen LogP contribution is -2.52. The molecule has 0 atom stereocenters. The second kappa shape index (κ2) is 9.71. The van der Waals surface area contributed by atoms with Crippen LogP contribution in [0.4, 0.5) is 0 Å². The van der Waals surface area contributed by atoms with E-state index in [0.717, 1.165) is 51.6 Å². The Hall–Kier alpha value is -0.170. The molecule has 0 aromatic heterocycles. The average Bonchev–Trinajstić information content (AvgIpc) is 2.47. The van der Waals surface area contributed by atoms with Crippen LogP contribution >= 0.6 is 0 Å². The SMILES string of the molecule is CCCCCN(CCCCC)S(=O)(=O)N1CCNCC1. The maximum absolute atomic E-state index is 12.7. The molecule has 1 heterocycles. The van der Waals surface area contributed by atoms with Gasteiger partial charge >= 0.3 is 0 Å². The number of unbranched alkanes of at least 4 members (excludes halogenated alkanes) is 4. The summed E-state index contributed by atoms with van der Waals surface area (Å²) in [4.78, 5) is 0. The van der Waals surface area contributed by atoms with Crippen LogP contribution in [-0.2, 0) is 10.2 Å². The highest BCUT2D eigenvalue weighted by Crippen LogP contribution is 2.13. The van der Waals surface area contributed by atoms with E-state index >= 15 is 0 Å². The van der Waals surface area contributed by atoms with Crippen molar-refractivity contribution in [3.05, 3.63) is 0 Å². The largest absolute Gasteiger partial charge is 0.314 e. The summed E-state index contributed by atoms with van der Waals surface area (Å²) in [5.41, 5.74) is 0. The Bertz CT molecular complexity index is 330. The van der Waals surface area contributed by atoms with E-state index < -0.39 is 10.2 Å². The molecule has 120 valence electrons. The molecule has 0 bridgehead atoms. The van der Waals surface area contributed by atoms with Gasteiger partial charge in [0, 0.05) is 39.3 Å². The highest BCUT2D eigenvalue weighted by atomic mass is 32.2. The van der Waals surface area contributed by atoms with Gasteiger partial charge in [-0.05, 0) is 12.8 Å². The number of hydrogen-bond acceptors (Lipinski definition) is 3. The summed E-state index contributed by atoms with van der Waals surface area (Å²) in [5.74, 6) is 0. The van der Waals surface area contributed by atoms with Crippen molar-refractivity contribution in [3.63, 3.8) is 0 Å². The van der Waals surface area contributed by atoms with Gasteiger partial charge in [0.15, 0.2) is 0 Å². The maximum Gasteiger partial charge on any atom is 0.282 e. The van der Waals surface area contributed by atoms with Crippen molar-refractivity contribution in [3.8, 4) is 0 Å². The summed E-state index contributed by atoms with van der Waals surface area (Å²) in [6.45, 7) is 8.35. The molecular formula is C14H31N3O2S. The Morgan fingerprint density at radius 3 is 1.90 bits per heavy atom. The van der Waals surface area contributed by atoms with Gasteiger partial charge in [-0.25, -0.2) is 0 Å². The predicted octanol–water partition coefficient (Wildman–Crippen LogP) is 1.82. The second-order valence-corrected chi connectivity index (χ2v) is 7.40. The van der Waals surface area contributed by atoms with Crippen molar-refractivity contribution in [2.45, 2.75) is 52.4 Å². The van der Waals surface area contributed by atoms with Gasteiger partial charge in [-0.2, -0.15) is 17.0 Å². The van der Waals surface area contributed by atoms with E-state index in [2.05, 4.69) is 19.2 Å². The van der Waals surface area contributed by atoms with Crippen LogP contribution in [0.2, 0.25) is 0 Å². The monoisotopic (exact) mass is 305 g/mol. The first-order valence-corrected chi connectivity index (χ1v) is 9.48. The molecule has 0 aromatic carbocycles. The van der Waals surface area contributed by atoms with E-state index in [-0.39, 0.29) is 0 Å². The third kappa shape index (κ3) is 5.68. The summed E-state index contributed by atoms with van der Waals surface area (Å²) in [7, 11) is -3.26. The van der Waals surface area contributed by atoms with E-state index in [1.165, 1.54) is 0 Å². The molecule has 1 saturated heterocycles. The van der Waals surface area contributed by atoms with Gasteiger partial charge < -0.3 is 5.32 Å². The van der Waals surface area contributed by atoms with Crippen molar-refractivity contribution < 1.29 is 8.42 Å². The van der Waals surface area contributed by atoms with Crippen molar-refractivity contribution in [1.82, 2.24) is 13.9 Å². The van der Waals surface area contributed by atoms with Crippen molar-refractivity contribution >= 4 is 10.2 Å². The minimum absolute atomic E-state index is 0.598. The van der Waals surface area contributed by atoms with Crippen LogP contribution in [0.15, 0.2) is 0 Å². The summed E-state index contributed by atoms with van der Waals surface area (Å²) >= 11 is 0. The molecule has 0 aliphatic carbocycles.